The number of aliphatic carboxylic acids is 1. The molecule has 0 saturated heterocycles. The molecule has 0 spiro atoms. The second kappa shape index (κ2) is 10.1. The Hall–Kier alpha value is -3.15. The first-order valence-electron chi connectivity index (χ1n) is 7.71. The Kier molecular flexibility index (Phi) is 8.34. The summed E-state index contributed by atoms with van der Waals surface area (Å²) >= 11 is 5.55. The van der Waals surface area contributed by atoms with E-state index in [-0.39, 0.29) is 16.7 Å². The Morgan fingerprint density at radius 1 is 1.07 bits per heavy atom. The van der Waals surface area contributed by atoms with Crippen LogP contribution in [0.2, 0.25) is 5.02 Å². The zero-order chi connectivity index (χ0) is 23.1. The molecule has 0 unspecified atom stereocenters. The third-order valence-electron chi connectivity index (χ3n) is 3.13. The van der Waals surface area contributed by atoms with Crippen LogP contribution in [0.5, 0.6) is 11.5 Å². The molecule has 6 nitrogen and oxygen atoms in total. The van der Waals surface area contributed by atoms with Crippen LogP contribution in [0.4, 0.5) is 26.3 Å². The van der Waals surface area contributed by atoms with Gasteiger partial charge in [-0.05, 0) is 35.9 Å². The maximum atomic E-state index is 12.8. The molecule has 0 amide bonds. The number of benzene rings is 2. The van der Waals surface area contributed by atoms with E-state index in [4.69, 9.17) is 37.4 Å². The Bertz CT molecular complexity index is 886. The fourth-order valence-corrected chi connectivity index (χ4v) is 2.02. The lowest BCUT2D eigenvalue weighted by atomic mass is 10.2. The molecule has 0 aliphatic heterocycles. The second-order valence-corrected chi connectivity index (χ2v) is 5.86. The summed E-state index contributed by atoms with van der Waals surface area (Å²) < 4.78 is 75.5. The van der Waals surface area contributed by atoms with Crippen LogP contribution in [-0.4, -0.2) is 23.2 Å². The number of hydrogen-bond donors (Lipinski definition) is 4. The van der Waals surface area contributed by atoms with E-state index in [0.717, 1.165) is 17.7 Å². The van der Waals surface area contributed by atoms with E-state index in [1.54, 1.807) is 24.3 Å². The molecule has 0 bridgehead atoms. The molecule has 0 radical (unpaired) electrons. The highest BCUT2D eigenvalue weighted by atomic mass is 35.5. The summed E-state index contributed by atoms with van der Waals surface area (Å²) in [6, 6.07) is 10.0. The summed E-state index contributed by atoms with van der Waals surface area (Å²) in [6.45, 7) is 0.370. The van der Waals surface area contributed by atoms with Crippen molar-refractivity contribution < 1.29 is 41.0 Å². The van der Waals surface area contributed by atoms with Crippen molar-refractivity contribution in [3.8, 4) is 11.5 Å². The maximum absolute atomic E-state index is 12.8. The molecule has 2 rings (SSSR count). The predicted octanol–water partition coefficient (Wildman–Crippen LogP) is 4.77. The number of ether oxygens (including phenoxy) is 1. The molecule has 0 saturated carbocycles. The molecular weight excluding hydrogens is 444 g/mol. The van der Waals surface area contributed by atoms with Crippen LogP contribution in [0.25, 0.3) is 0 Å². The number of halogens is 7. The van der Waals surface area contributed by atoms with Crippen LogP contribution in [0.3, 0.4) is 0 Å². The van der Waals surface area contributed by atoms with Crippen LogP contribution in [0.15, 0.2) is 42.5 Å². The van der Waals surface area contributed by atoms with Gasteiger partial charge >= 0.3 is 18.3 Å². The molecule has 164 valence electrons. The van der Waals surface area contributed by atoms with E-state index >= 15 is 0 Å². The quantitative estimate of drug-likeness (QED) is 0.300. The molecule has 30 heavy (non-hydrogen) atoms. The maximum Gasteiger partial charge on any atom is 0.490 e. The van der Waals surface area contributed by atoms with Crippen LogP contribution in [0.1, 0.15) is 11.1 Å². The van der Waals surface area contributed by atoms with E-state index in [1.165, 1.54) is 6.07 Å². The monoisotopic (exact) mass is 457 g/mol. The third-order valence-corrected chi connectivity index (χ3v) is 3.46. The molecule has 13 heteroatoms. The first-order valence-corrected chi connectivity index (χ1v) is 8.09. The fourth-order valence-electron chi connectivity index (χ4n) is 1.79. The van der Waals surface area contributed by atoms with Gasteiger partial charge in [-0.1, -0.05) is 23.7 Å². The fraction of sp³-hybridized carbons (Fsp3) is 0.176. The highest BCUT2D eigenvalue weighted by Crippen LogP contribution is 2.37. The molecule has 0 aliphatic carbocycles. The number of rotatable bonds is 4. The van der Waals surface area contributed by atoms with Crippen molar-refractivity contribution in [3.63, 3.8) is 0 Å². The zero-order valence-electron chi connectivity index (χ0n) is 14.7. The lowest BCUT2D eigenvalue weighted by Gasteiger charge is -2.12. The molecular formula is C17H14ClF6N3O3. The first kappa shape index (κ1) is 24.9. The Morgan fingerprint density at radius 2 is 1.57 bits per heavy atom. The molecule has 0 aromatic heterocycles. The molecule has 0 fully saturated rings. The lowest BCUT2D eigenvalue weighted by molar-refractivity contribution is -0.192. The Labute approximate surface area is 170 Å². The van der Waals surface area contributed by atoms with Crippen molar-refractivity contribution in [1.82, 2.24) is 5.32 Å². The minimum atomic E-state index is -5.08. The van der Waals surface area contributed by atoms with Gasteiger partial charge in [0.15, 0.2) is 5.96 Å². The average Bonchev–Trinajstić information content (AvgIpc) is 2.61. The van der Waals surface area contributed by atoms with Crippen molar-refractivity contribution in [2.45, 2.75) is 18.9 Å². The van der Waals surface area contributed by atoms with Crippen molar-refractivity contribution in [1.29, 1.82) is 5.41 Å². The molecule has 0 heterocycles. The van der Waals surface area contributed by atoms with Gasteiger partial charge in [-0.2, -0.15) is 26.3 Å². The summed E-state index contributed by atoms with van der Waals surface area (Å²) in [7, 11) is 0. The van der Waals surface area contributed by atoms with Gasteiger partial charge in [-0.3, -0.25) is 5.41 Å². The predicted molar refractivity (Wildman–Crippen MR) is 95.4 cm³/mol. The highest BCUT2D eigenvalue weighted by Gasteiger charge is 2.38. The standard InChI is InChI=1S/C15H13ClF3N3O.C2HF3O2/c16-13-6-5-11(7-12(13)15(17,18)19)23-10-3-1-9(2-4-10)8-22-14(20)21;3-2(4,5)1(6)7/h1-7H,8H2,(H4,20,21,22);(H,6,7). The van der Waals surface area contributed by atoms with Crippen LogP contribution in [-0.2, 0) is 17.5 Å². The summed E-state index contributed by atoms with van der Waals surface area (Å²) in [5, 5.41) is 16.4. The largest absolute Gasteiger partial charge is 0.490 e. The summed E-state index contributed by atoms with van der Waals surface area (Å²) in [6.07, 6.45) is -9.63. The summed E-state index contributed by atoms with van der Waals surface area (Å²) in [5.74, 6) is -2.48. The van der Waals surface area contributed by atoms with E-state index in [1.807, 2.05) is 0 Å². The molecule has 5 N–H and O–H groups in total. The Morgan fingerprint density at radius 3 is 2.00 bits per heavy atom. The SMILES string of the molecule is N=C(N)NCc1ccc(Oc2ccc(Cl)c(C(F)(F)F)c2)cc1.O=C(O)C(F)(F)F. The van der Waals surface area contributed by atoms with Crippen LogP contribution < -0.4 is 15.8 Å². The molecule has 0 atom stereocenters. The van der Waals surface area contributed by atoms with E-state index in [9.17, 15) is 26.3 Å². The lowest BCUT2D eigenvalue weighted by Crippen LogP contribution is -2.29. The van der Waals surface area contributed by atoms with Crippen molar-refractivity contribution in [2.75, 3.05) is 0 Å². The minimum absolute atomic E-state index is 0.0383. The van der Waals surface area contributed by atoms with Gasteiger partial charge in [0.2, 0.25) is 0 Å². The molecule has 2 aromatic carbocycles. The topological polar surface area (TPSA) is 108 Å². The van der Waals surface area contributed by atoms with E-state index in [2.05, 4.69) is 5.32 Å². The molecule has 2 aromatic rings. The van der Waals surface area contributed by atoms with Gasteiger partial charge in [0.25, 0.3) is 0 Å². The van der Waals surface area contributed by atoms with Gasteiger partial charge in [0, 0.05) is 6.54 Å². The second-order valence-electron chi connectivity index (χ2n) is 5.46. The van der Waals surface area contributed by atoms with Crippen molar-refractivity contribution in [2.24, 2.45) is 5.73 Å². The summed E-state index contributed by atoms with van der Waals surface area (Å²) in [5.41, 5.74) is 5.08. The third kappa shape index (κ3) is 8.47. The number of hydrogen-bond acceptors (Lipinski definition) is 3. The first-order chi connectivity index (χ1) is 13.7. The van der Waals surface area contributed by atoms with E-state index in [0.29, 0.717) is 12.3 Å². The van der Waals surface area contributed by atoms with Crippen molar-refractivity contribution in [3.05, 3.63) is 58.6 Å². The number of carboxylic acids is 1. The van der Waals surface area contributed by atoms with E-state index < -0.39 is 23.9 Å². The number of guanidine groups is 1. The van der Waals surface area contributed by atoms with Crippen molar-refractivity contribution >= 4 is 23.5 Å². The van der Waals surface area contributed by atoms with Crippen LogP contribution in [0, 0.1) is 5.41 Å². The average molecular weight is 458 g/mol. The summed E-state index contributed by atoms with van der Waals surface area (Å²) in [4.78, 5) is 8.90. The highest BCUT2D eigenvalue weighted by molar-refractivity contribution is 6.31. The zero-order valence-corrected chi connectivity index (χ0v) is 15.5. The van der Waals surface area contributed by atoms with Gasteiger partial charge in [-0.15, -0.1) is 0 Å². The van der Waals surface area contributed by atoms with Gasteiger partial charge in [0.05, 0.1) is 10.6 Å². The van der Waals surface area contributed by atoms with Gasteiger partial charge < -0.3 is 20.9 Å². The number of carboxylic acid groups (broad SMARTS) is 1. The normalized spacial score (nSPS) is 11.2. The number of alkyl halides is 6. The van der Waals surface area contributed by atoms with Gasteiger partial charge in [0.1, 0.15) is 11.5 Å². The number of nitrogens with one attached hydrogen (secondary N) is 2. The number of nitrogens with two attached hydrogens (primary N) is 1. The Balaban J connectivity index is 0.000000553. The molecule has 0 aliphatic rings. The smallest absolute Gasteiger partial charge is 0.475 e. The number of carbonyl (C=O) groups is 1. The van der Waals surface area contributed by atoms with Gasteiger partial charge in [-0.25, -0.2) is 4.79 Å². The minimum Gasteiger partial charge on any atom is -0.475 e. The van der Waals surface area contributed by atoms with Crippen LogP contribution >= 0.6 is 11.6 Å².